The standard InChI is InChI=1S/C30H35Cl2N3O4S/c1-5-22(4)33-30(37)28(6-2)34(19-23-13-15-24(31)16-14-23)29(36)20-35(25-17-12-21(3)27(32)18-25)40(38,39)26-10-8-7-9-11-26/h7-18,22,28H,5-6,19-20H2,1-4H3,(H,33,37). The molecule has 2 atom stereocenters. The number of amides is 2. The average molecular weight is 605 g/mol. The van der Waals surface area contributed by atoms with Crippen LogP contribution < -0.4 is 9.62 Å². The van der Waals surface area contributed by atoms with Crippen molar-refractivity contribution in [2.45, 2.75) is 64.1 Å². The zero-order chi connectivity index (χ0) is 29.4. The fraction of sp³-hybridized carbons (Fsp3) is 0.333. The van der Waals surface area contributed by atoms with E-state index in [1.54, 1.807) is 54.6 Å². The molecule has 2 unspecified atom stereocenters. The molecule has 0 aliphatic carbocycles. The van der Waals surface area contributed by atoms with E-state index >= 15 is 0 Å². The molecule has 0 bridgehead atoms. The van der Waals surface area contributed by atoms with E-state index in [1.165, 1.54) is 23.1 Å². The van der Waals surface area contributed by atoms with Gasteiger partial charge in [0.05, 0.1) is 10.6 Å². The molecule has 7 nitrogen and oxygen atoms in total. The molecule has 0 saturated carbocycles. The first-order chi connectivity index (χ1) is 19.0. The first-order valence-electron chi connectivity index (χ1n) is 13.2. The Labute approximate surface area is 247 Å². The van der Waals surface area contributed by atoms with Gasteiger partial charge < -0.3 is 10.2 Å². The highest BCUT2D eigenvalue weighted by Gasteiger charge is 2.34. The van der Waals surface area contributed by atoms with Crippen LogP contribution in [0.25, 0.3) is 0 Å². The highest BCUT2D eigenvalue weighted by molar-refractivity contribution is 7.92. The highest BCUT2D eigenvalue weighted by Crippen LogP contribution is 2.28. The topological polar surface area (TPSA) is 86.8 Å². The SMILES string of the molecule is CCC(C)NC(=O)C(CC)N(Cc1ccc(Cl)cc1)C(=O)CN(c1ccc(C)c(Cl)c1)S(=O)(=O)c1ccccc1. The van der Waals surface area contributed by atoms with Crippen molar-refractivity contribution in [1.82, 2.24) is 10.2 Å². The smallest absolute Gasteiger partial charge is 0.264 e. The van der Waals surface area contributed by atoms with Gasteiger partial charge in [0.2, 0.25) is 11.8 Å². The van der Waals surface area contributed by atoms with E-state index in [-0.39, 0.29) is 29.1 Å². The Morgan fingerprint density at radius 3 is 2.15 bits per heavy atom. The Bertz CT molecular complexity index is 1420. The van der Waals surface area contributed by atoms with Gasteiger partial charge >= 0.3 is 0 Å². The molecule has 0 aromatic heterocycles. The van der Waals surface area contributed by atoms with E-state index in [2.05, 4.69) is 5.32 Å². The monoisotopic (exact) mass is 603 g/mol. The molecule has 214 valence electrons. The molecule has 3 aromatic rings. The number of sulfonamides is 1. The molecule has 3 rings (SSSR count). The van der Waals surface area contributed by atoms with Crippen molar-refractivity contribution in [3.8, 4) is 0 Å². The minimum Gasteiger partial charge on any atom is -0.352 e. The van der Waals surface area contributed by atoms with Crippen molar-refractivity contribution < 1.29 is 18.0 Å². The number of aryl methyl sites for hydroxylation is 1. The van der Waals surface area contributed by atoms with E-state index in [9.17, 15) is 18.0 Å². The number of nitrogens with one attached hydrogen (secondary N) is 1. The molecule has 3 aromatic carbocycles. The number of carbonyl (C=O) groups is 2. The first kappa shape index (κ1) is 31.5. The zero-order valence-electron chi connectivity index (χ0n) is 23.1. The van der Waals surface area contributed by atoms with Gasteiger partial charge in [0.15, 0.2) is 0 Å². The Kier molecular flexibility index (Phi) is 11.0. The van der Waals surface area contributed by atoms with Gasteiger partial charge in [0, 0.05) is 22.6 Å². The fourth-order valence-electron chi connectivity index (χ4n) is 4.13. The number of nitrogens with zero attached hydrogens (tertiary/aromatic N) is 2. The van der Waals surface area contributed by atoms with Gasteiger partial charge in [-0.1, -0.05) is 73.4 Å². The maximum absolute atomic E-state index is 14.1. The molecule has 0 aliphatic rings. The molecule has 1 N–H and O–H groups in total. The van der Waals surface area contributed by atoms with Crippen LogP contribution in [0.1, 0.15) is 44.7 Å². The molecule has 0 heterocycles. The molecule has 0 radical (unpaired) electrons. The quantitative estimate of drug-likeness (QED) is 0.266. The van der Waals surface area contributed by atoms with E-state index in [1.807, 2.05) is 27.7 Å². The van der Waals surface area contributed by atoms with Gasteiger partial charge in [-0.05, 0) is 74.2 Å². The number of hydrogen-bond donors (Lipinski definition) is 1. The lowest BCUT2D eigenvalue weighted by Crippen LogP contribution is -2.53. The summed E-state index contributed by atoms with van der Waals surface area (Å²) in [7, 11) is -4.16. The van der Waals surface area contributed by atoms with E-state index in [0.717, 1.165) is 21.9 Å². The number of halogens is 2. The molecule has 0 aliphatic heterocycles. The third-order valence-corrected chi connectivity index (χ3v) is 9.15. The van der Waals surface area contributed by atoms with Crippen molar-refractivity contribution in [2.24, 2.45) is 0 Å². The summed E-state index contributed by atoms with van der Waals surface area (Å²) in [5.41, 5.74) is 1.77. The zero-order valence-corrected chi connectivity index (χ0v) is 25.4. The minimum absolute atomic E-state index is 0.0327. The van der Waals surface area contributed by atoms with Crippen molar-refractivity contribution >= 4 is 50.7 Å². The summed E-state index contributed by atoms with van der Waals surface area (Å²) in [4.78, 5) is 28.9. The number of hydrogen-bond acceptors (Lipinski definition) is 4. The third-order valence-electron chi connectivity index (χ3n) is 6.71. The lowest BCUT2D eigenvalue weighted by atomic mass is 10.1. The molecule has 0 spiro atoms. The van der Waals surface area contributed by atoms with Crippen LogP contribution in [0.2, 0.25) is 10.0 Å². The molecule has 10 heteroatoms. The van der Waals surface area contributed by atoms with E-state index in [0.29, 0.717) is 16.5 Å². The number of anilines is 1. The van der Waals surface area contributed by atoms with E-state index < -0.39 is 28.5 Å². The summed E-state index contributed by atoms with van der Waals surface area (Å²) in [6.45, 7) is 7.05. The van der Waals surface area contributed by atoms with Crippen LogP contribution in [0.5, 0.6) is 0 Å². The normalized spacial score (nSPS) is 12.8. The number of rotatable bonds is 12. The summed E-state index contributed by atoms with van der Waals surface area (Å²) in [6, 6.07) is 18.8. The Morgan fingerprint density at radius 2 is 1.57 bits per heavy atom. The second kappa shape index (κ2) is 14.0. The summed E-state index contributed by atoms with van der Waals surface area (Å²) in [5.74, 6) is -0.827. The maximum Gasteiger partial charge on any atom is 0.264 e. The van der Waals surface area contributed by atoms with E-state index in [4.69, 9.17) is 23.2 Å². The molecular formula is C30H35Cl2N3O4S. The van der Waals surface area contributed by atoms with Crippen LogP contribution in [0, 0.1) is 6.92 Å². The van der Waals surface area contributed by atoms with Crippen LogP contribution in [-0.4, -0.2) is 43.8 Å². The summed E-state index contributed by atoms with van der Waals surface area (Å²) in [5, 5.41) is 3.87. The summed E-state index contributed by atoms with van der Waals surface area (Å²) in [6.07, 6.45) is 1.06. The second-order valence-corrected chi connectivity index (χ2v) is 12.4. The largest absolute Gasteiger partial charge is 0.352 e. The summed E-state index contributed by atoms with van der Waals surface area (Å²) < 4.78 is 28.8. The maximum atomic E-state index is 14.1. The van der Waals surface area contributed by atoms with Crippen molar-refractivity contribution in [1.29, 1.82) is 0 Å². The number of benzene rings is 3. The minimum atomic E-state index is -4.16. The lowest BCUT2D eigenvalue weighted by molar-refractivity contribution is -0.140. The fourth-order valence-corrected chi connectivity index (χ4v) is 5.86. The Morgan fingerprint density at radius 1 is 0.925 bits per heavy atom. The lowest BCUT2D eigenvalue weighted by Gasteiger charge is -2.33. The van der Waals surface area contributed by atoms with Gasteiger partial charge in [-0.3, -0.25) is 13.9 Å². The summed E-state index contributed by atoms with van der Waals surface area (Å²) >= 11 is 12.4. The van der Waals surface area contributed by atoms with Crippen molar-refractivity contribution in [3.05, 3.63) is 94.0 Å². The molecule has 40 heavy (non-hydrogen) atoms. The van der Waals surface area contributed by atoms with Gasteiger partial charge in [0.1, 0.15) is 12.6 Å². The molecule has 2 amide bonds. The average Bonchev–Trinajstić information content (AvgIpc) is 2.94. The first-order valence-corrected chi connectivity index (χ1v) is 15.4. The van der Waals surface area contributed by atoms with Crippen LogP contribution in [0.3, 0.4) is 0 Å². The van der Waals surface area contributed by atoms with Gasteiger partial charge in [-0.15, -0.1) is 0 Å². The molecular weight excluding hydrogens is 569 g/mol. The van der Waals surface area contributed by atoms with Crippen LogP contribution in [-0.2, 0) is 26.2 Å². The predicted octanol–water partition coefficient (Wildman–Crippen LogP) is 6.22. The Balaban J connectivity index is 2.06. The van der Waals surface area contributed by atoms with Gasteiger partial charge in [0.25, 0.3) is 10.0 Å². The molecule has 0 saturated heterocycles. The number of carbonyl (C=O) groups excluding carboxylic acids is 2. The Hall–Kier alpha value is -3.07. The predicted molar refractivity (Wildman–Crippen MR) is 161 cm³/mol. The van der Waals surface area contributed by atoms with Crippen LogP contribution >= 0.6 is 23.2 Å². The van der Waals surface area contributed by atoms with Gasteiger partial charge in [-0.2, -0.15) is 0 Å². The third kappa shape index (κ3) is 7.77. The molecule has 0 fully saturated rings. The van der Waals surface area contributed by atoms with Crippen LogP contribution in [0.15, 0.2) is 77.7 Å². The van der Waals surface area contributed by atoms with Crippen molar-refractivity contribution in [3.63, 3.8) is 0 Å². The van der Waals surface area contributed by atoms with Crippen LogP contribution in [0.4, 0.5) is 5.69 Å². The highest BCUT2D eigenvalue weighted by atomic mass is 35.5. The second-order valence-electron chi connectivity index (χ2n) is 9.65. The van der Waals surface area contributed by atoms with Gasteiger partial charge in [-0.25, -0.2) is 8.42 Å². The van der Waals surface area contributed by atoms with Crippen molar-refractivity contribution in [2.75, 3.05) is 10.8 Å².